The van der Waals surface area contributed by atoms with Crippen molar-refractivity contribution in [3.05, 3.63) is 79.6 Å². The highest BCUT2D eigenvalue weighted by atomic mass is 127. The fourth-order valence-corrected chi connectivity index (χ4v) is 3.16. The first kappa shape index (κ1) is 18.1. The van der Waals surface area contributed by atoms with Crippen molar-refractivity contribution in [2.75, 3.05) is 5.32 Å². The summed E-state index contributed by atoms with van der Waals surface area (Å²) in [6, 6.07) is 15.1. The Balaban J connectivity index is 1.87. The van der Waals surface area contributed by atoms with Crippen molar-refractivity contribution in [3.63, 3.8) is 0 Å². The normalized spacial score (nSPS) is 10.5. The second-order valence-electron chi connectivity index (χ2n) is 5.55. The third kappa shape index (κ3) is 3.77. The Morgan fingerprint density at radius 1 is 1.19 bits per heavy atom. The van der Waals surface area contributed by atoms with E-state index in [1.807, 2.05) is 25.1 Å². The molecule has 1 amide bonds. The van der Waals surface area contributed by atoms with Crippen molar-refractivity contribution in [2.24, 2.45) is 0 Å². The first-order valence-corrected chi connectivity index (χ1v) is 9.01. The number of hydrogen-bond donors (Lipinski definition) is 1. The van der Waals surface area contributed by atoms with Crippen LogP contribution in [0, 0.1) is 13.7 Å². The molecule has 0 aliphatic heterocycles. The number of anilines is 1. The summed E-state index contributed by atoms with van der Waals surface area (Å²) in [5, 5.41) is 14.0. The molecule has 0 aliphatic carbocycles. The van der Waals surface area contributed by atoms with Crippen molar-refractivity contribution in [2.45, 2.75) is 13.3 Å². The van der Waals surface area contributed by atoms with Crippen molar-refractivity contribution < 1.29 is 14.1 Å². The fourth-order valence-electron chi connectivity index (χ4n) is 2.61. The molecule has 3 aromatic rings. The predicted octanol–water partition coefficient (Wildman–Crippen LogP) is 5.27. The number of furan rings is 1. The molecule has 0 fully saturated rings. The molecule has 3 rings (SSSR count). The number of nitro groups is 1. The molecule has 0 atom stereocenters. The van der Waals surface area contributed by atoms with Gasteiger partial charge in [-0.1, -0.05) is 19.1 Å². The van der Waals surface area contributed by atoms with E-state index in [1.54, 1.807) is 24.3 Å². The van der Waals surface area contributed by atoms with Gasteiger partial charge in [-0.05, 0) is 71.0 Å². The van der Waals surface area contributed by atoms with E-state index in [0.29, 0.717) is 5.56 Å². The zero-order valence-electron chi connectivity index (χ0n) is 13.9. The Hall–Kier alpha value is -2.68. The topological polar surface area (TPSA) is 85.4 Å². The van der Waals surface area contributed by atoms with Crippen LogP contribution in [0.3, 0.4) is 0 Å². The summed E-state index contributed by atoms with van der Waals surface area (Å²) >= 11 is 2.22. The molecule has 6 nitrogen and oxygen atoms in total. The molecule has 0 bridgehead atoms. The van der Waals surface area contributed by atoms with E-state index in [-0.39, 0.29) is 17.2 Å². The second kappa shape index (κ2) is 7.69. The van der Waals surface area contributed by atoms with Crippen molar-refractivity contribution in [3.8, 4) is 11.3 Å². The quantitative estimate of drug-likeness (QED) is 0.318. The van der Waals surface area contributed by atoms with Crippen LogP contribution in [0.1, 0.15) is 23.0 Å². The maximum absolute atomic E-state index is 12.5. The molecule has 1 N–H and O–H groups in total. The highest BCUT2D eigenvalue weighted by Crippen LogP contribution is 2.31. The van der Waals surface area contributed by atoms with Crippen LogP contribution in [-0.2, 0) is 6.42 Å². The third-order valence-corrected chi connectivity index (χ3v) is 4.56. The molecule has 0 saturated carbocycles. The van der Waals surface area contributed by atoms with Gasteiger partial charge in [0.05, 0.1) is 10.5 Å². The summed E-state index contributed by atoms with van der Waals surface area (Å²) in [6.45, 7) is 2.01. The lowest BCUT2D eigenvalue weighted by Crippen LogP contribution is -2.12. The van der Waals surface area contributed by atoms with Crippen LogP contribution in [0.25, 0.3) is 11.3 Å². The number of para-hydroxylation sites is 1. The van der Waals surface area contributed by atoms with Gasteiger partial charge in [-0.3, -0.25) is 14.9 Å². The number of aryl methyl sites for hydroxylation is 1. The second-order valence-corrected chi connectivity index (χ2v) is 6.79. The lowest BCUT2D eigenvalue weighted by Gasteiger charge is -2.09. The minimum Gasteiger partial charge on any atom is -0.451 e. The Morgan fingerprint density at radius 3 is 2.69 bits per heavy atom. The average molecular weight is 462 g/mol. The zero-order valence-corrected chi connectivity index (χ0v) is 16.0. The number of halogens is 1. The van der Waals surface area contributed by atoms with Crippen LogP contribution < -0.4 is 5.32 Å². The Labute approximate surface area is 163 Å². The standard InChI is InChI=1S/C19H15IN2O4/c1-2-12-11-13(20)7-8-15(12)21-19(23)18-10-9-17(26-18)14-5-3-4-6-16(14)22(24)25/h3-11H,2H2,1H3,(H,21,23). The summed E-state index contributed by atoms with van der Waals surface area (Å²) in [5.74, 6) is -0.0229. The number of amides is 1. The van der Waals surface area contributed by atoms with Gasteiger partial charge < -0.3 is 9.73 Å². The Kier molecular flexibility index (Phi) is 5.36. The lowest BCUT2D eigenvalue weighted by molar-refractivity contribution is -0.384. The van der Waals surface area contributed by atoms with Crippen molar-refractivity contribution >= 4 is 39.9 Å². The Bertz CT molecular complexity index is 981. The number of rotatable bonds is 5. The van der Waals surface area contributed by atoms with Gasteiger partial charge >= 0.3 is 0 Å². The number of carbonyl (C=O) groups excluding carboxylic acids is 1. The summed E-state index contributed by atoms with van der Waals surface area (Å²) in [4.78, 5) is 23.2. The van der Waals surface area contributed by atoms with Crippen LogP contribution in [0.5, 0.6) is 0 Å². The van der Waals surface area contributed by atoms with Crippen LogP contribution in [0.4, 0.5) is 11.4 Å². The lowest BCUT2D eigenvalue weighted by atomic mass is 10.1. The number of carbonyl (C=O) groups is 1. The summed E-state index contributed by atoms with van der Waals surface area (Å²) in [5.41, 5.74) is 2.01. The SMILES string of the molecule is CCc1cc(I)ccc1NC(=O)c1ccc(-c2ccccc2[N+](=O)[O-])o1. The summed E-state index contributed by atoms with van der Waals surface area (Å²) < 4.78 is 6.67. The van der Waals surface area contributed by atoms with Gasteiger partial charge in [0.1, 0.15) is 5.76 Å². The van der Waals surface area contributed by atoms with E-state index in [4.69, 9.17) is 4.42 Å². The molecule has 132 valence electrons. The summed E-state index contributed by atoms with van der Waals surface area (Å²) in [7, 11) is 0. The molecule has 1 aromatic heterocycles. The number of nitrogens with zero attached hydrogens (tertiary/aromatic N) is 1. The third-order valence-electron chi connectivity index (χ3n) is 3.89. The van der Waals surface area contributed by atoms with Crippen molar-refractivity contribution in [1.29, 1.82) is 0 Å². The monoisotopic (exact) mass is 462 g/mol. The van der Waals surface area contributed by atoms with Crippen LogP contribution in [0.15, 0.2) is 59.0 Å². The van der Waals surface area contributed by atoms with Gasteiger partial charge in [0, 0.05) is 15.3 Å². The molecule has 0 unspecified atom stereocenters. The van der Waals surface area contributed by atoms with E-state index in [1.165, 1.54) is 12.1 Å². The molecule has 7 heteroatoms. The molecule has 0 spiro atoms. The molecule has 26 heavy (non-hydrogen) atoms. The van der Waals surface area contributed by atoms with Gasteiger partial charge in [0.25, 0.3) is 11.6 Å². The number of hydrogen-bond acceptors (Lipinski definition) is 4. The number of nitrogens with one attached hydrogen (secondary N) is 1. The number of benzene rings is 2. The smallest absolute Gasteiger partial charge is 0.291 e. The molecular formula is C19H15IN2O4. The van der Waals surface area contributed by atoms with E-state index in [0.717, 1.165) is 21.2 Å². The van der Waals surface area contributed by atoms with Crippen LogP contribution in [-0.4, -0.2) is 10.8 Å². The van der Waals surface area contributed by atoms with Crippen LogP contribution >= 0.6 is 22.6 Å². The van der Waals surface area contributed by atoms with E-state index in [2.05, 4.69) is 27.9 Å². The minimum absolute atomic E-state index is 0.0697. The van der Waals surface area contributed by atoms with Gasteiger partial charge in [-0.15, -0.1) is 0 Å². The fraction of sp³-hybridized carbons (Fsp3) is 0.105. The largest absolute Gasteiger partial charge is 0.451 e. The average Bonchev–Trinajstić information content (AvgIpc) is 3.13. The summed E-state index contributed by atoms with van der Waals surface area (Å²) in [6.07, 6.45) is 0.784. The van der Waals surface area contributed by atoms with E-state index in [9.17, 15) is 14.9 Å². The van der Waals surface area contributed by atoms with E-state index < -0.39 is 10.8 Å². The molecule has 1 heterocycles. The molecule has 0 saturated heterocycles. The van der Waals surface area contributed by atoms with Gasteiger partial charge in [-0.2, -0.15) is 0 Å². The van der Waals surface area contributed by atoms with Crippen molar-refractivity contribution in [1.82, 2.24) is 0 Å². The molecule has 2 aromatic carbocycles. The minimum atomic E-state index is -0.475. The highest BCUT2D eigenvalue weighted by molar-refractivity contribution is 14.1. The maximum atomic E-state index is 12.5. The maximum Gasteiger partial charge on any atom is 0.291 e. The Morgan fingerprint density at radius 2 is 1.96 bits per heavy atom. The highest BCUT2D eigenvalue weighted by Gasteiger charge is 2.19. The first-order chi connectivity index (χ1) is 12.5. The number of nitro benzene ring substituents is 1. The van der Waals surface area contributed by atoms with Gasteiger partial charge in [-0.25, -0.2) is 0 Å². The predicted molar refractivity (Wildman–Crippen MR) is 107 cm³/mol. The van der Waals surface area contributed by atoms with Crippen LogP contribution in [0.2, 0.25) is 0 Å². The zero-order chi connectivity index (χ0) is 18.7. The molecule has 0 radical (unpaired) electrons. The van der Waals surface area contributed by atoms with E-state index >= 15 is 0 Å². The van der Waals surface area contributed by atoms with Gasteiger partial charge in [0.2, 0.25) is 0 Å². The first-order valence-electron chi connectivity index (χ1n) is 7.93. The molecular weight excluding hydrogens is 447 g/mol. The van der Waals surface area contributed by atoms with Gasteiger partial charge in [0.15, 0.2) is 5.76 Å². The molecule has 0 aliphatic rings.